The molecule has 0 saturated heterocycles. The molecule has 2 aliphatic rings. The summed E-state index contributed by atoms with van der Waals surface area (Å²) < 4.78 is 7.55. The minimum absolute atomic E-state index is 0.490. The average molecular weight is 926 g/mol. The summed E-state index contributed by atoms with van der Waals surface area (Å²) in [5, 5.41) is 12.0. The number of anilines is 3. The lowest BCUT2D eigenvalue weighted by atomic mass is 9.70. The van der Waals surface area contributed by atoms with Crippen LogP contribution in [-0.2, 0) is 5.41 Å². The van der Waals surface area contributed by atoms with Crippen LogP contribution in [0.4, 0.5) is 17.1 Å². The molecule has 2 aliphatic carbocycles. The van der Waals surface area contributed by atoms with Crippen LogP contribution in [0.15, 0.2) is 265 Å². The van der Waals surface area contributed by atoms with Gasteiger partial charge in [0, 0.05) is 27.7 Å². The molecule has 16 rings (SSSR count). The van der Waals surface area contributed by atoms with E-state index in [1.54, 1.807) is 0 Å². The molecule has 0 aliphatic heterocycles. The maximum atomic E-state index is 7.55. The maximum Gasteiger partial charge on any atom is 0.159 e. The van der Waals surface area contributed by atoms with Crippen LogP contribution in [-0.4, -0.2) is 0 Å². The topological polar surface area (TPSA) is 16.4 Å². The van der Waals surface area contributed by atoms with Gasteiger partial charge in [0.2, 0.25) is 0 Å². The van der Waals surface area contributed by atoms with Gasteiger partial charge in [-0.25, -0.2) is 0 Å². The molecule has 0 unspecified atom stereocenters. The van der Waals surface area contributed by atoms with Crippen LogP contribution in [0.3, 0.4) is 0 Å². The molecule has 0 saturated carbocycles. The number of benzene rings is 13. The standard InChI is InChI=1S/C71H43NO/c1-2-17-44(18-3-1)45-33-36-48(37-34-45)72(49-38-40-59-58-27-12-15-31-65(58)71(66(59)43-49)63-29-13-10-25-56(63)57-26-11-14-30-64(57)71)67-32-16-28-60-62-41-46-19-4-5-20-50(46)68(70(62)73-69(60)67)47-35-39-55-53-23-7-6-21-51(53)52-22-8-9-24-54(52)61(55)42-47/h1-43H. The van der Waals surface area contributed by atoms with E-state index in [1.807, 2.05) is 0 Å². The smallest absolute Gasteiger partial charge is 0.159 e. The lowest BCUT2D eigenvalue weighted by Crippen LogP contribution is -2.26. The maximum absolute atomic E-state index is 7.55. The van der Waals surface area contributed by atoms with Crippen molar-refractivity contribution in [3.63, 3.8) is 0 Å². The van der Waals surface area contributed by atoms with Gasteiger partial charge in [0.15, 0.2) is 5.58 Å². The zero-order valence-corrected chi connectivity index (χ0v) is 39.7. The highest BCUT2D eigenvalue weighted by molar-refractivity contribution is 6.27. The largest absolute Gasteiger partial charge is 0.453 e. The molecule has 14 aromatic rings. The van der Waals surface area contributed by atoms with Crippen LogP contribution in [0.25, 0.3) is 110 Å². The molecular formula is C71H43NO. The van der Waals surface area contributed by atoms with E-state index >= 15 is 0 Å². The second kappa shape index (κ2) is 15.3. The van der Waals surface area contributed by atoms with Crippen molar-refractivity contribution in [2.24, 2.45) is 0 Å². The molecule has 0 radical (unpaired) electrons. The van der Waals surface area contributed by atoms with Gasteiger partial charge >= 0.3 is 0 Å². The SMILES string of the molecule is c1ccc(-c2ccc(N(c3ccc4c(c3)C3(c5ccccc5-c5ccccc53)c3ccccc3-4)c3cccc4c3oc3c(-c5ccc6c7ccccc7c7ccccc7c6c5)c5ccccc5cc34)cc2)cc1. The number of para-hydroxylation sites is 1. The van der Waals surface area contributed by atoms with E-state index in [2.05, 4.69) is 266 Å². The Hall–Kier alpha value is -9.50. The zero-order valence-electron chi connectivity index (χ0n) is 39.7. The van der Waals surface area contributed by atoms with Gasteiger partial charge in [-0.1, -0.05) is 218 Å². The molecule has 2 nitrogen and oxygen atoms in total. The number of fused-ring (bicyclic) bond motifs is 20. The average Bonchev–Trinajstić information content (AvgIpc) is 4.10. The molecular weight excluding hydrogens is 883 g/mol. The summed E-state index contributed by atoms with van der Waals surface area (Å²) in [5.74, 6) is 0. The quantitative estimate of drug-likeness (QED) is 0.160. The highest BCUT2D eigenvalue weighted by atomic mass is 16.3. The van der Waals surface area contributed by atoms with E-state index in [4.69, 9.17) is 4.42 Å². The van der Waals surface area contributed by atoms with Crippen molar-refractivity contribution in [3.8, 4) is 44.5 Å². The first-order chi connectivity index (χ1) is 36.2. The fourth-order valence-electron chi connectivity index (χ4n) is 13.2. The molecule has 0 bridgehead atoms. The number of hydrogen-bond acceptors (Lipinski definition) is 2. The third kappa shape index (κ3) is 5.58. The van der Waals surface area contributed by atoms with E-state index in [0.29, 0.717) is 0 Å². The Bertz CT molecular complexity index is 4520. The number of nitrogens with zero attached hydrogens (tertiary/aromatic N) is 1. The van der Waals surface area contributed by atoms with Crippen LogP contribution in [0.1, 0.15) is 22.3 Å². The first-order valence-corrected chi connectivity index (χ1v) is 25.3. The normalized spacial score (nSPS) is 13.0. The van der Waals surface area contributed by atoms with Gasteiger partial charge in [-0.05, 0) is 147 Å². The minimum Gasteiger partial charge on any atom is -0.453 e. The van der Waals surface area contributed by atoms with Crippen LogP contribution in [0.2, 0.25) is 0 Å². The van der Waals surface area contributed by atoms with Crippen LogP contribution in [0, 0.1) is 0 Å². The second-order valence-corrected chi connectivity index (χ2v) is 19.8. The minimum atomic E-state index is -0.490. The Balaban J connectivity index is 0.959. The molecule has 73 heavy (non-hydrogen) atoms. The Morgan fingerprint density at radius 2 is 0.767 bits per heavy atom. The van der Waals surface area contributed by atoms with Gasteiger partial charge in [0.25, 0.3) is 0 Å². The zero-order chi connectivity index (χ0) is 47.8. The molecule has 13 aromatic carbocycles. The van der Waals surface area contributed by atoms with Crippen molar-refractivity contribution in [1.29, 1.82) is 0 Å². The van der Waals surface area contributed by atoms with Crippen LogP contribution in [0.5, 0.6) is 0 Å². The summed E-state index contributed by atoms with van der Waals surface area (Å²) in [7, 11) is 0. The van der Waals surface area contributed by atoms with E-state index in [9.17, 15) is 0 Å². The number of rotatable bonds is 5. The summed E-state index contributed by atoms with van der Waals surface area (Å²) in [5.41, 5.74) is 19.3. The Labute approximate surface area is 422 Å². The summed E-state index contributed by atoms with van der Waals surface area (Å²) in [6.45, 7) is 0. The fourth-order valence-corrected chi connectivity index (χ4v) is 13.2. The summed E-state index contributed by atoms with van der Waals surface area (Å²) in [4.78, 5) is 2.43. The molecule has 1 aromatic heterocycles. The van der Waals surface area contributed by atoms with E-state index in [1.165, 1.54) is 93.3 Å². The van der Waals surface area contributed by atoms with Gasteiger partial charge in [-0.15, -0.1) is 0 Å². The fraction of sp³-hybridized carbons (Fsp3) is 0.0141. The Kier molecular flexibility index (Phi) is 8.41. The van der Waals surface area contributed by atoms with E-state index in [0.717, 1.165) is 55.5 Å². The van der Waals surface area contributed by atoms with Gasteiger partial charge in [0.1, 0.15) is 5.58 Å². The highest BCUT2D eigenvalue weighted by Crippen LogP contribution is 2.63. The predicted molar refractivity (Wildman–Crippen MR) is 306 cm³/mol. The molecule has 1 spiro atoms. The van der Waals surface area contributed by atoms with Crippen molar-refractivity contribution >= 4 is 82.1 Å². The lowest BCUT2D eigenvalue weighted by Gasteiger charge is -2.32. The Morgan fingerprint density at radius 3 is 1.42 bits per heavy atom. The summed E-state index contributed by atoms with van der Waals surface area (Å²) in [6, 6.07) is 96.4. The van der Waals surface area contributed by atoms with Gasteiger partial charge < -0.3 is 9.32 Å². The summed E-state index contributed by atoms with van der Waals surface area (Å²) in [6.07, 6.45) is 0. The third-order valence-corrected chi connectivity index (χ3v) is 16.2. The summed E-state index contributed by atoms with van der Waals surface area (Å²) >= 11 is 0. The van der Waals surface area contributed by atoms with Crippen molar-refractivity contribution in [2.45, 2.75) is 5.41 Å². The number of hydrogen-bond donors (Lipinski definition) is 0. The van der Waals surface area contributed by atoms with Crippen molar-refractivity contribution in [2.75, 3.05) is 4.90 Å². The van der Waals surface area contributed by atoms with Gasteiger partial charge in [0.05, 0.1) is 11.1 Å². The monoisotopic (exact) mass is 925 g/mol. The van der Waals surface area contributed by atoms with Crippen molar-refractivity contribution in [3.05, 3.63) is 283 Å². The van der Waals surface area contributed by atoms with Crippen molar-refractivity contribution in [1.82, 2.24) is 0 Å². The lowest BCUT2D eigenvalue weighted by molar-refractivity contribution is 0.670. The molecule has 2 heteroatoms. The van der Waals surface area contributed by atoms with Crippen molar-refractivity contribution < 1.29 is 4.42 Å². The first-order valence-electron chi connectivity index (χ1n) is 25.3. The molecule has 0 N–H and O–H groups in total. The molecule has 0 atom stereocenters. The number of furan rings is 1. The van der Waals surface area contributed by atoms with Crippen LogP contribution < -0.4 is 4.90 Å². The second-order valence-electron chi connectivity index (χ2n) is 19.8. The van der Waals surface area contributed by atoms with Gasteiger partial charge in [-0.3, -0.25) is 0 Å². The third-order valence-electron chi connectivity index (χ3n) is 16.2. The molecule has 0 amide bonds. The molecule has 1 heterocycles. The van der Waals surface area contributed by atoms with Gasteiger partial charge in [-0.2, -0.15) is 0 Å². The van der Waals surface area contributed by atoms with E-state index < -0.39 is 5.41 Å². The molecule has 338 valence electrons. The molecule has 0 fully saturated rings. The highest BCUT2D eigenvalue weighted by Gasteiger charge is 2.51. The van der Waals surface area contributed by atoms with Crippen LogP contribution >= 0.6 is 0 Å². The van der Waals surface area contributed by atoms with E-state index in [-0.39, 0.29) is 0 Å². The first kappa shape index (κ1) is 40.3. The Morgan fingerprint density at radius 1 is 0.274 bits per heavy atom. The predicted octanol–water partition coefficient (Wildman–Crippen LogP) is 19.3.